The molecule has 1 aromatic heterocycles. The zero-order valence-corrected chi connectivity index (χ0v) is 4.90. The first kappa shape index (κ1) is 4.74. The van der Waals surface area contributed by atoms with Crippen molar-refractivity contribution in [1.82, 2.24) is 4.98 Å². The Morgan fingerprint density at radius 3 is 3.00 bits per heavy atom. The zero-order valence-electron chi connectivity index (χ0n) is 4.09. The fourth-order valence-corrected chi connectivity index (χ4v) is 0.896. The van der Waals surface area contributed by atoms with Crippen LogP contribution in [0.15, 0.2) is 11.6 Å². The lowest BCUT2D eigenvalue weighted by Gasteiger charge is -1.76. The average molecular weight is 115 g/mol. The first-order valence-corrected chi connectivity index (χ1v) is 3.00. The van der Waals surface area contributed by atoms with E-state index in [1.54, 1.807) is 17.5 Å². The van der Waals surface area contributed by atoms with Gasteiger partial charge in [0.25, 0.3) is 5.13 Å². The maximum atomic E-state index is 4.00. The van der Waals surface area contributed by atoms with Gasteiger partial charge in [0.05, 0.1) is 7.05 Å². The summed E-state index contributed by atoms with van der Waals surface area (Å²) in [4.78, 5) is 4.00. The van der Waals surface area contributed by atoms with Gasteiger partial charge in [0.15, 0.2) is 0 Å². The maximum Gasteiger partial charge on any atom is 0.282 e. The molecule has 2 nitrogen and oxygen atoms in total. The zero-order chi connectivity index (χ0) is 5.11. The van der Waals surface area contributed by atoms with Crippen molar-refractivity contribution in [2.75, 3.05) is 7.05 Å². The number of nitrogens with zero attached hydrogens (tertiary/aromatic N) is 1. The number of nitrogens with two attached hydrogens (primary N) is 1. The van der Waals surface area contributed by atoms with Crippen molar-refractivity contribution in [3.63, 3.8) is 0 Å². The summed E-state index contributed by atoms with van der Waals surface area (Å²) in [6.45, 7) is 0. The molecule has 1 rings (SSSR count). The Balaban J connectivity index is 2.76. The molecule has 0 fully saturated rings. The van der Waals surface area contributed by atoms with E-state index in [9.17, 15) is 0 Å². The maximum absolute atomic E-state index is 4.00. The second kappa shape index (κ2) is 2.04. The second-order valence-corrected chi connectivity index (χ2v) is 2.09. The Morgan fingerprint density at radius 2 is 2.71 bits per heavy atom. The van der Waals surface area contributed by atoms with Crippen LogP contribution in [0.2, 0.25) is 0 Å². The van der Waals surface area contributed by atoms with Crippen LogP contribution in [0.1, 0.15) is 0 Å². The van der Waals surface area contributed by atoms with Gasteiger partial charge in [0, 0.05) is 11.6 Å². The van der Waals surface area contributed by atoms with E-state index in [4.69, 9.17) is 0 Å². The van der Waals surface area contributed by atoms with Crippen LogP contribution in [0.5, 0.6) is 0 Å². The van der Waals surface area contributed by atoms with Crippen molar-refractivity contribution in [1.29, 1.82) is 0 Å². The smallest absolute Gasteiger partial charge is 0.282 e. The van der Waals surface area contributed by atoms with Gasteiger partial charge in [-0.15, -0.1) is 0 Å². The molecule has 0 aromatic carbocycles. The summed E-state index contributed by atoms with van der Waals surface area (Å²) in [6.07, 6.45) is 1.81. The quantitative estimate of drug-likeness (QED) is 0.547. The minimum Gasteiger partial charge on any atom is -0.290 e. The highest BCUT2D eigenvalue weighted by Gasteiger charge is 1.88. The molecule has 7 heavy (non-hydrogen) atoms. The lowest BCUT2D eigenvalue weighted by Crippen LogP contribution is -2.72. The summed E-state index contributed by atoms with van der Waals surface area (Å²) in [7, 11) is 1.98. The van der Waals surface area contributed by atoms with Gasteiger partial charge in [0.2, 0.25) is 0 Å². The highest BCUT2D eigenvalue weighted by molar-refractivity contribution is 7.12. The fourth-order valence-electron chi connectivity index (χ4n) is 0.377. The Labute approximate surface area is 46.2 Å². The Hall–Kier alpha value is -0.410. The summed E-state index contributed by atoms with van der Waals surface area (Å²) >= 11 is 1.66. The van der Waals surface area contributed by atoms with Gasteiger partial charge < -0.3 is 0 Å². The molecule has 0 saturated carbocycles. The molecule has 38 valence electrons. The van der Waals surface area contributed by atoms with Gasteiger partial charge in [-0.1, -0.05) is 11.3 Å². The SMILES string of the molecule is C[NH2+]c1nccs1. The molecule has 1 heterocycles. The van der Waals surface area contributed by atoms with Gasteiger partial charge in [-0.2, -0.15) is 4.98 Å². The van der Waals surface area contributed by atoms with E-state index in [2.05, 4.69) is 4.98 Å². The minimum atomic E-state index is 1.10. The number of quaternary nitrogens is 1. The molecule has 0 aliphatic heterocycles. The third kappa shape index (κ3) is 0.976. The minimum absolute atomic E-state index is 1.10. The molecular weight excluding hydrogens is 108 g/mol. The van der Waals surface area contributed by atoms with E-state index >= 15 is 0 Å². The number of aromatic nitrogens is 1. The molecule has 0 aliphatic rings. The summed E-state index contributed by atoms with van der Waals surface area (Å²) in [5.74, 6) is 0. The molecule has 0 bridgehead atoms. The van der Waals surface area contributed by atoms with E-state index in [0.29, 0.717) is 0 Å². The molecule has 0 atom stereocenters. The first-order valence-electron chi connectivity index (χ1n) is 2.12. The van der Waals surface area contributed by atoms with E-state index < -0.39 is 0 Å². The topological polar surface area (TPSA) is 29.5 Å². The Morgan fingerprint density at radius 1 is 1.86 bits per heavy atom. The van der Waals surface area contributed by atoms with Crippen molar-refractivity contribution >= 4 is 16.5 Å². The van der Waals surface area contributed by atoms with Gasteiger partial charge in [-0.3, -0.25) is 5.32 Å². The molecule has 0 saturated heterocycles. The lowest BCUT2D eigenvalue weighted by molar-refractivity contribution is -0.539. The standard InChI is InChI=1S/C4H6N2S/c1-5-4-6-2-3-7-4/h2-3H,1H3,(H,5,6)/p+1. The normalized spacial score (nSPS) is 9.29. The monoisotopic (exact) mass is 115 g/mol. The van der Waals surface area contributed by atoms with Crippen LogP contribution in [0, 0.1) is 0 Å². The van der Waals surface area contributed by atoms with Crippen molar-refractivity contribution in [2.24, 2.45) is 0 Å². The van der Waals surface area contributed by atoms with Crippen LogP contribution in [-0.4, -0.2) is 12.0 Å². The summed E-state index contributed by atoms with van der Waals surface area (Å²) in [5, 5.41) is 5.06. The van der Waals surface area contributed by atoms with Crippen LogP contribution < -0.4 is 5.32 Å². The first-order chi connectivity index (χ1) is 3.43. The highest BCUT2D eigenvalue weighted by Crippen LogP contribution is 2.00. The molecule has 0 amide bonds. The molecular formula is C4H7N2S+. The van der Waals surface area contributed by atoms with Gasteiger partial charge in [0.1, 0.15) is 0 Å². The van der Waals surface area contributed by atoms with Crippen LogP contribution >= 0.6 is 11.3 Å². The van der Waals surface area contributed by atoms with Crippen molar-refractivity contribution in [3.8, 4) is 0 Å². The molecule has 1 aromatic rings. The van der Waals surface area contributed by atoms with Crippen LogP contribution in [-0.2, 0) is 0 Å². The lowest BCUT2D eigenvalue weighted by atomic mass is 11.0. The van der Waals surface area contributed by atoms with Crippen molar-refractivity contribution < 1.29 is 5.32 Å². The fraction of sp³-hybridized carbons (Fsp3) is 0.250. The molecule has 0 radical (unpaired) electrons. The van der Waals surface area contributed by atoms with E-state index in [1.807, 2.05) is 17.7 Å². The number of thiazole rings is 1. The predicted molar refractivity (Wildman–Crippen MR) is 29.6 cm³/mol. The second-order valence-electron chi connectivity index (χ2n) is 1.16. The van der Waals surface area contributed by atoms with Crippen LogP contribution in [0.3, 0.4) is 0 Å². The average Bonchev–Trinajstić information content (AvgIpc) is 2.14. The van der Waals surface area contributed by atoms with E-state index in [-0.39, 0.29) is 0 Å². The van der Waals surface area contributed by atoms with Gasteiger partial charge in [-0.25, -0.2) is 0 Å². The van der Waals surface area contributed by atoms with Gasteiger partial charge >= 0.3 is 0 Å². The molecule has 0 unspecified atom stereocenters. The molecule has 2 N–H and O–H groups in total. The summed E-state index contributed by atoms with van der Waals surface area (Å²) < 4.78 is 0. The highest BCUT2D eigenvalue weighted by atomic mass is 32.1. The largest absolute Gasteiger partial charge is 0.290 e. The van der Waals surface area contributed by atoms with E-state index in [0.717, 1.165) is 5.13 Å². The predicted octanol–water partition coefficient (Wildman–Crippen LogP) is -0.0322. The van der Waals surface area contributed by atoms with Crippen LogP contribution in [0.4, 0.5) is 5.13 Å². The van der Waals surface area contributed by atoms with Crippen molar-refractivity contribution in [2.45, 2.75) is 0 Å². The molecule has 0 aliphatic carbocycles. The number of rotatable bonds is 1. The van der Waals surface area contributed by atoms with Crippen molar-refractivity contribution in [3.05, 3.63) is 11.6 Å². The van der Waals surface area contributed by atoms with Crippen LogP contribution in [0.25, 0.3) is 0 Å². The molecule has 0 spiro atoms. The third-order valence-corrected chi connectivity index (χ3v) is 1.54. The Bertz CT molecular complexity index is 124. The number of hydrogen-bond donors (Lipinski definition) is 1. The summed E-state index contributed by atoms with van der Waals surface area (Å²) in [5.41, 5.74) is 0. The van der Waals surface area contributed by atoms with Gasteiger partial charge in [-0.05, 0) is 0 Å². The Kier molecular flexibility index (Phi) is 1.38. The molecule has 3 heteroatoms. The third-order valence-electron chi connectivity index (χ3n) is 0.698. The summed E-state index contributed by atoms with van der Waals surface area (Å²) in [6, 6.07) is 0. The van der Waals surface area contributed by atoms with E-state index in [1.165, 1.54) is 0 Å². The number of hydrogen-bond acceptors (Lipinski definition) is 2.